The smallest absolute Gasteiger partial charge is 0.398 e. The van der Waals surface area contributed by atoms with Crippen molar-refractivity contribution >= 4 is 0 Å². The Balaban J connectivity index is 6.01. The minimum atomic E-state index is -7.25. The summed E-state index contributed by atoms with van der Waals surface area (Å²) >= 11 is 0. The molecule has 0 aromatic rings. The number of hydrogen-bond acceptors (Lipinski definition) is 2. The van der Waals surface area contributed by atoms with Gasteiger partial charge in [0, 0.05) is 6.92 Å². The maximum atomic E-state index is 13.2. The topological polar surface area (TPSA) is 18.5 Å². The fourth-order valence-electron chi connectivity index (χ4n) is 0.750. The van der Waals surface area contributed by atoms with Gasteiger partial charge in [-0.1, -0.05) is 0 Å². The van der Waals surface area contributed by atoms with E-state index in [-0.39, 0.29) is 0 Å². The van der Waals surface area contributed by atoms with Gasteiger partial charge in [0.1, 0.15) is 0 Å². The van der Waals surface area contributed by atoms with E-state index in [1.165, 1.54) is 6.92 Å². The molecule has 0 saturated carbocycles. The van der Waals surface area contributed by atoms with Crippen LogP contribution >= 0.6 is 0 Å². The highest BCUT2D eigenvalue weighted by Crippen LogP contribution is 2.52. The first-order valence-electron chi connectivity index (χ1n) is 4.63. The van der Waals surface area contributed by atoms with Gasteiger partial charge in [-0.05, 0) is 0 Å². The second-order valence-corrected chi connectivity index (χ2v) is 3.57. The number of ether oxygens (including phenoxy) is 2. The van der Waals surface area contributed by atoms with Gasteiger partial charge >= 0.3 is 42.3 Å². The van der Waals surface area contributed by atoms with Crippen molar-refractivity contribution in [1.82, 2.24) is 0 Å². The Hall–Kier alpha value is -1.41. The molecule has 0 bridgehead atoms. The van der Waals surface area contributed by atoms with Crippen LogP contribution in [0.25, 0.3) is 0 Å². The van der Waals surface area contributed by atoms with Crippen molar-refractivity contribution in [3.05, 3.63) is 19.0 Å². The van der Waals surface area contributed by atoms with Gasteiger partial charge in [-0.25, -0.2) is 0 Å². The summed E-state index contributed by atoms with van der Waals surface area (Å²) in [5.41, 5.74) is 0. The van der Waals surface area contributed by atoms with Crippen LogP contribution in [0, 0.1) is 6.92 Å². The minimum Gasteiger partial charge on any atom is -0.398 e. The molecule has 15 heteroatoms. The third-order valence-electron chi connectivity index (χ3n) is 1.80. The predicted molar refractivity (Wildman–Crippen MR) is 42.6 cm³/mol. The molecule has 0 heterocycles. The lowest BCUT2D eigenvalue weighted by molar-refractivity contribution is -0.513. The molecule has 23 heavy (non-hydrogen) atoms. The van der Waals surface area contributed by atoms with E-state index >= 15 is 0 Å². The summed E-state index contributed by atoms with van der Waals surface area (Å²) in [6.07, 6.45) is -24.6. The normalized spacial score (nSPS) is 16.8. The standard InChI is InChI=1S/C8H2F13O2/c1-4(12,13)7(18,19)23-5(14,6(15,16)17)8(20,21)22-3(11)2(9)10/h1H2. The maximum Gasteiger partial charge on any atom is 0.471 e. The first-order valence-corrected chi connectivity index (χ1v) is 4.63. The van der Waals surface area contributed by atoms with E-state index in [0.717, 1.165) is 0 Å². The Labute approximate surface area is 117 Å². The van der Waals surface area contributed by atoms with E-state index < -0.39 is 42.3 Å². The average Bonchev–Trinajstić information content (AvgIpc) is 2.23. The van der Waals surface area contributed by atoms with Crippen LogP contribution in [0.5, 0.6) is 0 Å². The molecule has 0 rings (SSSR count). The lowest BCUT2D eigenvalue weighted by Crippen LogP contribution is -2.63. The molecule has 0 saturated heterocycles. The number of rotatable bonds is 6. The second-order valence-electron chi connectivity index (χ2n) is 3.57. The van der Waals surface area contributed by atoms with Crippen molar-refractivity contribution in [2.45, 2.75) is 30.2 Å². The number of alkyl halides is 10. The molecule has 0 aromatic heterocycles. The lowest BCUT2D eigenvalue weighted by Gasteiger charge is -2.36. The zero-order valence-electron chi connectivity index (χ0n) is 9.94. The molecule has 0 aromatic carbocycles. The zero-order valence-corrected chi connectivity index (χ0v) is 9.94. The molecule has 1 atom stereocenters. The van der Waals surface area contributed by atoms with E-state index in [2.05, 4.69) is 0 Å². The van der Waals surface area contributed by atoms with Crippen LogP contribution in [-0.4, -0.2) is 30.2 Å². The Morgan fingerprint density at radius 3 is 1.35 bits per heavy atom. The van der Waals surface area contributed by atoms with Gasteiger partial charge in [0.05, 0.1) is 0 Å². The summed E-state index contributed by atoms with van der Waals surface area (Å²) in [4.78, 5) is 0. The Morgan fingerprint density at radius 2 is 1.09 bits per heavy atom. The Kier molecular flexibility index (Phi) is 5.54. The van der Waals surface area contributed by atoms with Gasteiger partial charge in [-0.2, -0.15) is 57.1 Å². The van der Waals surface area contributed by atoms with Gasteiger partial charge in [-0.15, -0.1) is 0 Å². The van der Waals surface area contributed by atoms with E-state index in [1.807, 2.05) is 4.74 Å². The van der Waals surface area contributed by atoms with Crippen LogP contribution in [0.15, 0.2) is 12.1 Å². The molecular weight excluding hydrogens is 375 g/mol. The second kappa shape index (κ2) is 5.90. The third-order valence-corrected chi connectivity index (χ3v) is 1.80. The molecule has 0 fully saturated rings. The van der Waals surface area contributed by atoms with Crippen LogP contribution in [0.2, 0.25) is 0 Å². The number of halogens is 13. The molecule has 0 aliphatic heterocycles. The van der Waals surface area contributed by atoms with Gasteiger partial charge in [0.15, 0.2) is 0 Å². The molecule has 137 valence electrons. The van der Waals surface area contributed by atoms with E-state index in [0.29, 0.717) is 0 Å². The van der Waals surface area contributed by atoms with Crippen molar-refractivity contribution in [3.63, 3.8) is 0 Å². The minimum absolute atomic E-state index is 1.25. The molecule has 2 nitrogen and oxygen atoms in total. The van der Waals surface area contributed by atoms with Gasteiger partial charge in [-0.3, -0.25) is 4.74 Å². The van der Waals surface area contributed by atoms with Crippen LogP contribution in [0.4, 0.5) is 57.1 Å². The lowest BCUT2D eigenvalue weighted by atomic mass is 10.2. The highest BCUT2D eigenvalue weighted by molar-refractivity contribution is 4.94. The van der Waals surface area contributed by atoms with Gasteiger partial charge in [0.25, 0.3) is 0 Å². The summed E-state index contributed by atoms with van der Waals surface area (Å²) in [6.45, 7) is 1.25. The van der Waals surface area contributed by atoms with Gasteiger partial charge < -0.3 is 4.74 Å². The largest absolute Gasteiger partial charge is 0.471 e. The fraction of sp³-hybridized carbons (Fsp3) is 0.625. The molecule has 0 spiro atoms. The molecular formula is C8H2F13O2. The van der Waals surface area contributed by atoms with E-state index in [4.69, 9.17) is 0 Å². The van der Waals surface area contributed by atoms with E-state index in [1.54, 1.807) is 4.74 Å². The van der Waals surface area contributed by atoms with Gasteiger partial charge in [0.2, 0.25) is 0 Å². The molecule has 0 N–H and O–H groups in total. The predicted octanol–water partition coefficient (Wildman–Crippen LogP) is 4.94. The zero-order chi connectivity index (χ0) is 19.1. The molecule has 0 aliphatic carbocycles. The average molecular weight is 377 g/mol. The first-order chi connectivity index (χ1) is 9.78. The van der Waals surface area contributed by atoms with Crippen molar-refractivity contribution in [2.75, 3.05) is 0 Å². The third kappa shape index (κ3) is 4.32. The molecule has 0 amide bonds. The monoisotopic (exact) mass is 377 g/mol. The highest BCUT2D eigenvalue weighted by atomic mass is 19.4. The summed E-state index contributed by atoms with van der Waals surface area (Å²) in [5, 5.41) is 0. The molecule has 1 radical (unpaired) electrons. The molecule has 0 aliphatic rings. The summed E-state index contributed by atoms with van der Waals surface area (Å²) in [7, 11) is 0. The fourth-order valence-corrected chi connectivity index (χ4v) is 0.750. The van der Waals surface area contributed by atoms with Crippen LogP contribution < -0.4 is 0 Å². The Morgan fingerprint density at radius 1 is 0.696 bits per heavy atom. The van der Waals surface area contributed by atoms with Crippen molar-refractivity contribution in [3.8, 4) is 0 Å². The van der Waals surface area contributed by atoms with Crippen LogP contribution in [0.1, 0.15) is 0 Å². The quantitative estimate of drug-likeness (QED) is 0.483. The maximum absolute atomic E-state index is 13.2. The van der Waals surface area contributed by atoms with E-state index in [9.17, 15) is 57.1 Å². The summed E-state index contributed by atoms with van der Waals surface area (Å²) < 4.78 is 164. The van der Waals surface area contributed by atoms with Crippen molar-refractivity contribution in [1.29, 1.82) is 0 Å². The van der Waals surface area contributed by atoms with Crippen molar-refractivity contribution < 1.29 is 66.5 Å². The van der Waals surface area contributed by atoms with Crippen LogP contribution in [-0.2, 0) is 9.47 Å². The number of hydrogen-bond donors (Lipinski definition) is 0. The highest BCUT2D eigenvalue weighted by Gasteiger charge is 2.80. The molecule has 1 unspecified atom stereocenters. The Bertz CT molecular complexity index is 458. The SMILES string of the molecule is [CH2]C(F)(F)C(F)(F)OC(F)(C(F)(F)F)C(F)(F)OC(F)=C(F)F. The summed E-state index contributed by atoms with van der Waals surface area (Å²) in [5.74, 6) is -13.0. The van der Waals surface area contributed by atoms with Crippen LogP contribution in [0.3, 0.4) is 0 Å². The summed E-state index contributed by atoms with van der Waals surface area (Å²) in [6, 6.07) is -3.80. The first kappa shape index (κ1) is 21.6. The van der Waals surface area contributed by atoms with Crippen molar-refractivity contribution in [2.24, 2.45) is 0 Å².